The Labute approximate surface area is 138 Å². The molecule has 0 bridgehead atoms. The van der Waals surface area contributed by atoms with Crippen molar-refractivity contribution < 1.29 is 14.0 Å². The molecule has 0 atom stereocenters. The Balaban J connectivity index is 2.01. The van der Waals surface area contributed by atoms with Crippen molar-refractivity contribution in [1.29, 1.82) is 0 Å². The van der Waals surface area contributed by atoms with Gasteiger partial charge in [-0.25, -0.2) is 4.39 Å². The lowest BCUT2D eigenvalue weighted by molar-refractivity contribution is -0.123. The topological polar surface area (TPSA) is 49.4 Å². The molecule has 2 rings (SSSR count). The third kappa shape index (κ3) is 4.79. The number of nitrogens with zero attached hydrogens (tertiary/aromatic N) is 1. The smallest absolute Gasteiger partial charge is 0.240 e. The lowest BCUT2D eigenvalue weighted by Gasteiger charge is -2.21. The number of hydrogen-bond acceptors (Lipinski definition) is 2. The second-order valence-corrected chi connectivity index (χ2v) is 5.39. The first-order valence-corrected chi connectivity index (χ1v) is 7.39. The number of rotatable bonds is 5. The van der Waals surface area contributed by atoms with E-state index in [-0.39, 0.29) is 30.7 Å². The van der Waals surface area contributed by atoms with E-state index in [0.29, 0.717) is 16.3 Å². The first-order valence-electron chi connectivity index (χ1n) is 7.01. The highest BCUT2D eigenvalue weighted by Gasteiger charge is 2.16. The number of anilines is 1. The zero-order chi connectivity index (χ0) is 16.8. The summed E-state index contributed by atoms with van der Waals surface area (Å²) in [4.78, 5) is 25.1. The Morgan fingerprint density at radius 3 is 2.57 bits per heavy atom. The average molecular weight is 335 g/mol. The van der Waals surface area contributed by atoms with Gasteiger partial charge in [-0.15, -0.1) is 0 Å². The summed E-state index contributed by atoms with van der Waals surface area (Å²) in [5.41, 5.74) is 0.920. The van der Waals surface area contributed by atoms with Crippen molar-refractivity contribution in [3.05, 3.63) is 64.9 Å². The summed E-state index contributed by atoms with van der Waals surface area (Å²) in [6.45, 7) is 1.27. The molecule has 0 fully saturated rings. The normalized spacial score (nSPS) is 10.2. The van der Waals surface area contributed by atoms with Crippen molar-refractivity contribution in [3.63, 3.8) is 0 Å². The first kappa shape index (κ1) is 17.0. The van der Waals surface area contributed by atoms with Crippen LogP contribution in [0.3, 0.4) is 0 Å². The fourth-order valence-electron chi connectivity index (χ4n) is 2.06. The van der Waals surface area contributed by atoms with Crippen molar-refractivity contribution in [2.75, 3.05) is 11.4 Å². The van der Waals surface area contributed by atoms with E-state index in [4.69, 9.17) is 11.6 Å². The molecule has 2 aromatic carbocycles. The van der Waals surface area contributed by atoms with Gasteiger partial charge in [0, 0.05) is 29.7 Å². The van der Waals surface area contributed by atoms with Gasteiger partial charge in [0.2, 0.25) is 11.8 Å². The Morgan fingerprint density at radius 2 is 1.91 bits per heavy atom. The van der Waals surface area contributed by atoms with Gasteiger partial charge in [0.15, 0.2) is 0 Å². The standard InChI is InChI=1S/C17H16ClFN2O2/c1-12(22)21(15-7-4-6-14(18)9-15)11-17(23)20-10-13-5-2-3-8-16(13)19/h2-9H,10-11H2,1H3,(H,20,23). The molecule has 0 saturated carbocycles. The molecule has 4 nitrogen and oxygen atoms in total. The molecule has 0 unspecified atom stereocenters. The van der Waals surface area contributed by atoms with Crippen LogP contribution in [0.1, 0.15) is 12.5 Å². The molecule has 23 heavy (non-hydrogen) atoms. The van der Waals surface area contributed by atoms with E-state index in [2.05, 4.69) is 5.32 Å². The molecule has 0 saturated heterocycles. The highest BCUT2D eigenvalue weighted by Crippen LogP contribution is 2.19. The minimum absolute atomic E-state index is 0.0623. The number of hydrogen-bond donors (Lipinski definition) is 1. The van der Waals surface area contributed by atoms with Crippen molar-refractivity contribution in [3.8, 4) is 0 Å². The lowest BCUT2D eigenvalue weighted by atomic mass is 10.2. The molecular formula is C17H16ClFN2O2. The average Bonchev–Trinajstić information content (AvgIpc) is 2.51. The number of carbonyl (C=O) groups is 2. The highest BCUT2D eigenvalue weighted by atomic mass is 35.5. The van der Waals surface area contributed by atoms with Gasteiger partial charge in [-0.05, 0) is 24.3 Å². The van der Waals surface area contributed by atoms with Gasteiger partial charge in [0.1, 0.15) is 12.4 Å². The lowest BCUT2D eigenvalue weighted by Crippen LogP contribution is -2.39. The SMILES string of the molecule is CC(=O)N(CC(=O)NCc1ccccc1F)c1cccc(Cl)c1. The summed E-state index contributed by atoms with van der Waals surface area (Å²) >= 11 is 5.91. The van der Waals surface area contributed by atoms with Crippen LogP contribution in [-0.4, -0.2) is 18.4 Å². The number of nitrogens with one attached hydrogen (secondary N) is 1. The molecule has 0 aliphatic heterocycles. The number of halogens is 2. The van der Waals surface area contributed by atoms with Crippen LogP contribution in [0.2, 0.25) is 5.02 Å². The molecule has 0 aliphatic carbocycles. The fourth-order valence-corrected chi connectivity index (χ4v) is 2.25. The van der Waals surface area contributed by atoms with E-state index in [0.717, 1.165) is 0 Å². The Kier molecular flexibility index (Phi) is 5.71. The van der Waals surface area contributed by atoms with Crippen LogP contribution in [-0.2, 0) is 16.1 Å². The predicted octanol–water partition coefficient (Wildman–Crippen LogP) is 3.15. The summed E-state index contributed by atoms with van der Waals surface area (Å²) in [6.07, 6.45) is 0. The van der Waals surface area contributed by atoms with Gasteiger partial charge >= 0.3 is 0 Å². The molecule has 0 radical (unpaired) electrons. The molecule has 120 valence electrons. The van der Waals surface area contributed by atoms with Gasteiger partial charge in [-0.1, -0.05) is 35.9 Å². The summed E-state index contributed by atoms with van der Waals surface area (Å²) in [5.74, 6) is -1.05. The molecular weight excluding hydrogens is 319 g/mol. The number of benzene rings is 2. The van der Waals surface area contributed by atoms with Gasteiger partial charge in [-0.3, -0.25) is 9.59 Å². The van der Waals surface area contributed by atoms with Crippen LogP contribution in [0.5, 0.6) is 0 Å². The van der Waals surface area contributed by atoms with E-state index < -0.39 is 0 Å². The van der Waals surface area contributed by atoms with Gasteiger partial charge in [0.05, 0.1) is 0 Å². The predicted molar refractivity (Wildman–Crippen MR) is 87.7 cm³/mol. The molecule has 6 heteroatoms. The maximum Gasteiger partial charge on any atom is 0.240 e. The molecule has 2 amide bonds. The van der Waals surface area contributed by atoms with E-state index in [1.54, 1.807) is 42.5 Å². The molecule has 0 heterocycles. The van der Waals surface area contributed by atoms with Gasteiger partial charge in [0.25, 0.3) is 0 Å². The zero-order valence-corrected chi connectivity index (χ0v) is 13.3. The summed E-state index contributed by atoms with van der Waals surface area (Å²) < 4.78 is 13.5. The van der Waals surface area contributed by atoms with Crippen molar-refractivity contribution in [2.45, 2.75) is 13.5 Å². The maximum atomic E-state index is 13.5. The minimum atomic E-state index is -0.386. The highest BCUT2D eigenvalue weighted by molar-refractivity contribution is 6.30. The molecule has 2 aromatic rings. The first-order chi connectivity index (χ1) is 11.0. The second kappa shape index (κ2) is 7.74. The number of carbonyl (C=O) groups excluding carboxylic acids is 2. The third-order valence-electron chi connectivity index (χ3n) is 3.24. The molecule has 0 spiro atoms. The van der Waals surface area contributed by atoms with Gasteiger partial charge in [-0.2, -0.15) is 0 Å². The van der Waals surface area contributed by atoms with Crippen molar-refractivity contribution in [1.82, 2.24) is 5.32 Å². The monoisotopic (exact) mass is 334 g/mol. The fraction of sp³-hybridized carbons (Fsp3) is 0.176. The summed E-state index contributed by atoms with van der Waals surface area (Å²) in [6, 6.07) is 12.9. The molecule has 1 N–H and O–H groups in total. The molecule has 0 aromatic heterocycles. The largest absolute Gasteiger partial charge is 0.350 e. The van der Waals surface area contributed by atoms with Crippen LogP contribution in [0, 0.1) is 5.82 Å². The van der Waals surface area contributed by atoms with Crippen molar-refractivity contribution >= 4 is 29.1 Å². The molecule has 0 aliphatic rings. The zero-order valence-electron chi connectivity index (χ0n) is 12.6. The van der Waals surface area contributed by atoms with Crippen LogP contribution < -0.4 is 10.2 Å². The van der Waals surface area contributed by atoms with E-state index >= 15 is 0 Å². The van der Waals surface area contributed by atoms with Gasteiger partial charge < -0.3 is 10.2 Å². The van der Waals surface area contributed by atoms with Crippen LogP contribution >= 0.6 is 11.6 Å². The van der Waals surface area contributed by atoms with Crippen molar-refractivity contribution in [2.24, 2.45) is 0 Å². The minimum Gasteiger partial charge on any atom is -0.350 e. The maximum absolute atomic E-state index is 13.5. The Hall–Kier alpha value is -2.40. The third-order valence-corrected chi connectivity index (χ3v) is 3.47. The second-order valence-electron chi connectivity index (χ2n) is 4.95. The number of amides is 2. The Morgan fingerprint density at radius 1 is 1.17 bits per heavy atom. The van der Waals surface area contributed by atoms with Crippen LogP contribution in [0.4, 0.5) is 10.1 Å². The summed E-state index contributed by atoms with van der Waals surface area (Å²) in [7, 11) is 0. The van der Waals surface area contributed by atoms with E-state index in [9.17, 15) is 14.0 Å². The van der Waals surface area contributed by atoms with E-state index in [1.165, 1.54) is 17.9 Å². The summed E-state index contributed by atoms with van der Waals surface area (Å²) in [5, 5.41) is 3.08. The van der Waals surface area contributed by atoms with E-state index in [1.807, 2.05) is 0 Å². The Bertz CT molecular complexity index is 721. The quantitative estimate of drug-likeness (QED) is 0.913. The van der Waals surface area contributed by atoms with Crippen LogP contribution in [0.25, 0.3) is 0 Å². The van der Waals surface area contributed by atoms with Crippen LogP contribution in [0.15, 0.2) is 48.5 Å².